The van der Waals surface area contributed by atoms with Gasteiger partial charge >= 0.3 is 0 Å². The molecular weight excluding hydrogens is 396 g/mol. The molecule has 0 radical (unpaired) electrons. The molecule has 0 aromatic heterocycles. The molecule has 2 aliphatic rings. The number of aliphatic hydroxyl groups excluding tert-OH is 1. The maximum Gasteiger partial charge on any atom is 0.243 e. The molecule has 2 heterocycles. The van der Waals surface area contributed by atoms with E-state index in [9.17, 15) is 18.3 Å². The average molecular weight is 421 g/mol. The first-order chi connectivity index (χ1) is 13.4. The minimum absolute atomic E-state index is 0.181. The van der Waals surface area contributed by atoms with Gasteiger partial charge in [-0.1, -0.05) is 30.3 Å². The van der Waals surface area contributed by atoms with Crippen LogP contribution in [0.2, 0.25) is 0 Å². The standard InChI is InChI=1S/C20H24N2O4S2/c23-16-7-9-21(10-8-16)20(24)19-12-17(27)13-22(19)28(25,26)18-6-5-14-3-1-2-4-15(14)11-18/h1-6,11,16-17,19,23,27H,7-10,12-13H2/t17-,19-/m0/s1. The summed E-state index contributed by atoms with van der Waals surface area (Å²) in [6.07, 6.45) is 1.07. The maximum absolute atomic E-state index is 13.4. The van der Waals surface area contributed by atoms with Gasteiger partial charge in [-0.2, -0.15) is 16.9 Å². The topological polar surface area (TPSA) is 77.9 Å². The van der Waals surface area contributed by atoms with Gasteiger partial charge in [0.05, 0.1) is 11.0 Å². The Labute approximate surface area is 170 Å². The fraction of sp³-hybridized carbons (Fsp3) is 0.450. The third kappa shape index (κ3) is 3.66. The van der Waals surface area contributed by atoms with Crippen molar-refractivity contribution in [3.05, 3.63) is 42.5 Å². The number of piperidine rings is 1. The summed E-state index contributed by atoms with van der Waals surface area (Å²) < 4.78 is 28.0. The van der Waals surface area contributed by atoms with E-state index in [-0.39, 0.29) is 28.7 Å². The Hall–Kier alpha value is -1.61. The monoisotopic (exact) mass is 420 g/mol. The van der Waals surface area contributed by atoms with Crippen molar-refractivity contribution in [1.82, 2.24) is 9.21 Å². The van der Waals surface area contributed by atoms with Crippen LogP contribution in [0.15, 0.2) is 47.4 Å². The average Bonchev–Trinajstić information content (AvgIpc) is 3.10. The van der Waals surface area contributed by atoms with Crippen molar-refractivity contribution in [1.29, 1.82) is 0 Å². The van der Waals surface area contributed by atoms with E-state index in [0.29, 0.717) is 32.4 Å². The number of carbonyl (C=O) groups excluding carboxylic acids is 1. The van der Waals surface area contributed by atoms with Gasteiger partial charge < -0.3 is 10.0 Å². The number of fused-ring (bicyclic) bond motifs is 1. The molecule has 2 aromatic rings. The summed E-state index contributed by atoms with van der Waals surface area (Å²) in [5, 5.41) is 11.3. The van der Waals surface area contributed by atoms with Crippen LogP contribution in [0.25, 0.3) is 10.8 Å². The van der Waals surface area contributed by atoms with Crippen LogP contribution in [0.1, 0.15) is 19.3 Å². The molecule has 28 heavy (non-hydrogen) atoms. The number of thiol groups is 1. The number of sulfonamides is 1. The summed E-state index contributed by atoms with van der Waals surface area (Å²) in [5.41, 5.74) is 0. The molecule has 1 amide bonds. The molecule has 1 N–H and O–H groups in total. The number of benzene rings is 2. The van der Waals surface area contributed by atoms with Gasteiger partial charge in [0.1, 0.15) is 6.04 Å². The van der Waals surface area contributed by atoms with E-state index >= 15 is 0 Å². The van der Waals surface area contributed by atoms with E-state index in [1.54, 1.807) is 23.1 Å². The predicted molar refractivity (Wildman–Crippen MR) is 111 cm³/mol. The second-order valence-electron chi connectivity index (χ2n) is 7.55. The largest absolute Gasteiger partial charge is 0.393 e. The molecule has 8 heteroatoms. The van der Waals surface area contributed by atoms with E-state index in [4.69, 9.17) is 0 Å². The molecule has 0 bridgehead atoms. The Balaban J connectivity index is 1.63. The summed E-state index contributed by atoms with van der Waals surface area (Å²) in [6, 6.07) is 11.9. The van der Waals surface area contributed by atoms with Crippen molar-refractivity contribution in [3.8, 4) is 0 Å². The van der Waals surface area contributed by atoms with Gasteiger partial charge in [0.15, 0.2) is 0 Å². The van der Waals surface area contributed by atoms with Gasteiger partial charge in [-0.15, -0.1) is 0 Å². The van der Waals surface area contributed by atoms with Crippen LogP contribution in [-0.2, 0) is 14.8 Å². The number of nitrogens with zero attached hydrogens (tertiary/aromatic N) is 2. The first-order valence-corrected chi connectivity index (χ1v) is 11.5. The van der Waals surface area contributed by atoms with Crippen molar-refractivity contribution in [2.45, 2.75) is 41.6 Å². The van der Waals surface area contributed by atoms with Crippen LogP contribution < -0.4 is 0 Å². The smallest absolute Gasteiger partial charge is 0.243 e. The van der Waals surface area contributed by atoms with Crippen LogP contribution in [0.4, 0.5) is 0 Å². The summed E-state index contributed by atoms with van der Waals surface area (Å²) in [5.74, 6) is -0.187. The summed E-state index contributed by atoms with van der Waals surface area (Å²) in [7, 11) is -3.82. The molecule has 150 valence electrons. The van der Waals surface area contributed by atoms with Crippen molar-refractivity contribution >= 4 is 39.3 Å². The van der Waals surface area contributed by atoms with Crippen molar-refractivity contribution in [3.63, 3.8) is 0 Å². The van der Waals surface area contributed by atoms with E-state index in [0.717, 1.165) is 10.8 Å². The fourth-order valence-electron chi connectivity index (χ4n) is 4.03. The normalized spacial score (nSPS) is 24.7. The number of rotatable bonds is 3. The minimum Gasteiger partial charge on any atom is -0.393 e. The van der Waals surface area contributed by atoms with Crippen molar-refractivity contribution in [2.75, 3.05) is 19.6 Å². The molecule has 0 spiro atoms. The molecule has 2 saturated heterocycles. The fourth-order valence-corrected chi connectivity index (χ4v) is 6.19. The molecule has 4 rings (SSSR count). The SMILES string of the molecule is O=C([C@@H]1C[C@H](S)CN1S(=O)(=O)c1ccc2ccccc2c1)N1CCC(O)CC1. The molecule has 2 fully saturated rings. The van der Waals surface area contributed by atoms with Gasteiger partial charge in [0.25, 0.3) is 0 Å². The molecule has 6 nitrogen and oxygen atoms in total. The molecule has 0 aliphatic carbocycles. The van der Waals surface area contributed by atoms with Crippen LogP contribution >= 0.6 is 12.6 Å². The predicted octanol–water partition coefficient (Wildman–Crippen LogP) is 1.88. The number of hydrogen-bond acceptors (Lipinski definition) is 5. The highest BCUT2D eigenvalue weighted by molar-refractivity contribution is 7.89. The van der Waals surface area contributed by atoms with E-state index in [1.807, 2.05) is 24.3 Å². The molecule has 2 atom stereocenters. The van der Waals surface area contributed by atoms with Crippen molar-refractivity contribution < 1.29 is 18.3 Å². The molecule has 0 saturated carbocycles. The van der Waals surface area contributed by atoms with Gasteiger partial charge in [-0.25, -0.2) is 8.42 Å². The zero-order valence-electron chi connectivity index (χ0n) is 15.4. The second-order valence-corrected chi connectivity index (χ2v) is 10.2. The lowest BCUT2D eigenvalue weighted by atomic mass is 10.1. The summed E-state index contributed by atoms with van der Waals surface area (Å²) >= 11 is 4.47. The number of hydrogen-bond donors (Lipinski definition) is 2. The number of likely N-dealkylation sites (tertiary alicyclic amines) is 1. The lowest BCUT2D eigenvalue weighted by Crippen LogP contribution is -2.50. The highest BCUT2D eigenvalue weighted by Crippen LogP contribution is 2.31. The van der Waals surface area contributed by atoms with Crippen LogP contribution in [-0.4, -0.2) is 65.7 Å². The lowest BCUT2D eigenvalue weighted by Gasteiger charge is -2.33. The van der Waals surface area contributed by atoms with Crippen LogP contribution in [0.3, 0.4) is 0 Å². The molecule has 0 unspecified atom stereocenters. The zero-order chi connectivity index (χ0) is 19.9. The second kappa shape index (κ2) is 7.67. The van der Waals surface area contributed by atoms with E-state index < -0.39 is 16.1 Å². The van der Waals surface area contributed by atoms with Crippen LogP contribution in [0, 0.1) is 0 Å². The minimum atomic E-state index is -3.82. The molecule has 2 aliphatic heterocycles. The Bertz CT molecular complexity index is 987. The lowest BCUT2D eigenvalue weighted by molar-refractivity contribution is -0.136. The highest BCUT2D eigenvalue weighted by atomic mass is 32.2. The highest BCUT2D eigenvalue weighted by Gasteiger charge is 2.44. The van der Waals surface area contributed by atoms with Gasteiger partial charge in [0.2, 0.25) is 15.9 Å². The molecule has 2 aromatic carbocycles. The van der Waals surface area contributed by atoms with E-state index in [1.165, 1.54) is 4.31 Å². The van der Waals surface area contributed by atoms with Gasteiger partial charge in [-0.05, 0) is 42.2 Å². The Morgan fingerprint density at radius 3 is 2.46 bits per heavy atom. The first kappa shape index (κ1) is 19.7. The van der Waals surface area contributed by atoms with Crippen LogP contribution in [0.5, 0.6) is 0 Å². The zero-order valence-corrected chi connectivity index (χ0v) is 17.1. The van der Waals surface area contributed by atoms with Gasteiger partial charge in [-0.3, -0.25) is 4.79 Å². The van der Waals surface area contributed by atoms with Gasteiger partial charge in [0, 0.05) is 24.9 Å². The maximum atomic E-state index is 13.4. The Kier molecular flexibility index (Phi) is 5.39. The summed E-state index contributed by atoms with van der Waals surface area (Å²) in [6.45, 7) is 1.13. The van der Waals surface area contributed by atoms with E-state index in [2.05, 4.69) is 12.6 Å². The number of carbonyl (C=O) groups is 1. The number of aliphatic hydroxyl groups is 1. The Morgan fingerprint density at radius 1 is 1.07 bits per heavy atom. The van der Waals surface area contributed by atoms with Crippen molar-refractivity contribution in [2.24, 2.45) is 0 Å². The molecular formula is C20H24N2O4S2. The Morgan fingerprint density at radius 2 is 1.75 bits per heavy atom. The first-order valence-electron chi connectivity index (χ1n) is 9.52. The summed E-state index contributed by atoms with van der Waals surface area (Å²) in [4.78, 5) is 14.9. The number of amides is 1. The third-order valence-electron chi connectivity index (χ3n) is 5.62. The quantitative estimate of drug-likeness (QED) is 0.744. The third-order valence-corrected chi connectivity index (χ3v) is 7.87.